The number of hydrogen-bond acceptors (Lipinski definition) is 2. The molecule has 0 saturated carbocycles. The summed E-state index contributed by atoms with van der Waals surface area (Å²) < 4.78 is 0. The molecule has 0 saturated heterocycles. The van der Waals surface area contributed by atoms with Crippen LogP contribution >= 0.6 is 0 Å². The maximum absolute atomic E-state index is 7.00. The van der Waals surface area contributed by atoms with Gasteiger partial charge in [0.1, 0.15) is 0 Å². The first-order valence-electron chi connectivity index (χ1n) is 3.34. The minimum absolute atomic E-state index is 0. The molecule has 0 fully saturated rings. The van der Waals surface area contributed by atoms with Gasteiger partial charge in [-0.05, 0) is 13.8 Å². The Hall–Kier alpha value is -0.795. The van der Waals surface area contributed by atoms with Crippen LogP contribution in [0, 0.1) is 13.8 Å². The van der Waals surface area contributed by atoms with Crippen LogP contribution < -0.4 is 0 Å². The van der Waals surface area contributed by atoms with E-state index in [0.29, 0.717) is 0 Å². The largest absolute Gasteiger partial charge is 0.482 e. The third-order valence-electron chi connectivity index (χ3n) is 1.22. The smallest absolute Gasteiger partial charge is 0.429 e. The minimum Gasteiger partial charge on any atom is -0.429 e. The summed E-state index contributed by atoms with van der Waals surface area (Å²) in [6.07, 6.45) is 0. The molecule has 0 unspecified atom stereocenters. The van der Waals surface area contributed by atoms with Crippen LogP contribution in [-0.2, 0) is 0 Å². The van der Waals surface area contributed by atoms with E-state index in [1.165, 1.54) is 11.1 Å². The molecule has 3 heteroatoms. The van der Waals surface area contributed by atoms with Gasteiger partial charge in [0.15, 0.2) is 0 Å². The van der Waals surface area contributed by atoms with E-state index in [0.717, 1.165) is 0 Å². The first-order chi connectivity index (χ1) is 5.20. The van der Waals surface area contributed by atoms with E-state index in [4.69, 9.17) is 10.0 Å². The molecule has 0 spiro atoms. The molecule has 0 heterocycles. The Balaban J connectivity index is 0.000000292. The Bertz CT molecular complexity index is 163. The van der Waals surface area contributed by atoms with Crippen LogP contribution in [0.2, 0.25) is 0 Å². The summed E-state index contributed by atoms with van der Waals surface area (Å²) >= 11 is 0. The van der Waals surface area contributed by atoms with Crippen molar-refractivity contribution >= 4 is 7.69 Å². The van der Waals surface area contributed by atoms with Gasteiger partial charge in [0.05, 0.1) is 0 Å². The van der Waals surface area contributed by atoms with Crippen LogP contribution in [0.15, 0.2) is 24.3 Å². The maximum Gasteiger partial charge on any atom is 0.482 e. The molecule has 0 bridgehead atoms. The predicted molar refractivity (Wildman–Crippen MR) is 46.1 cm³/mol. The Morgan fingerprint density at radius 2 is 1.09 bits per heavy atom. The van der Waals surface area contributed by atoms with Crippen LogP contribution in [0.3, 0.4) is 0 Å². The highest BCUT2D eigenvalue weighted by Gasteiger charge is 1.79. The predicted octanol–water partition coefficient (Wildman–Crippen LogP) is 0.809. The summed E-state index contributed by atoms with van der Waals surface area (Å²) in [5.41, 5.74) is 2.66. The summed E-state index contributed by atoms with van der Waals surface area (Å²) in [7, 11) is 0. The normalized spacial score (nSPS) is 8.00. The van der Waals surface area contributed by atoms with Gasteiger partial charge in [-0.3, -0.25) is 0 Å². The van der Waals surface area contributed by atoms with E-state index in [2.05, 4.69) is 38.1 Å². The van der Waals surface area contributed by atoms with Crippen LogP contribution in [0.25, 0.3) is 0 Å². The zero-order valence-electron chi connectivity index (χ0n) is 6.78. The molecule has 2 nitrogen and oxygen atoms in total. The van der Waals surface area contributed by atoms with Crippen LogP contribution in [0.5, 0.6) is 0 Å². The monoisotopic (exact) mass is 151 g/mol. The van der Waals surface area contributed by atoms with Gasteiger partial charge in [-0.2, -0.15) is 0 Å². The third-order valence-corrected chi connectivity index (χ3v) is 1.22. The average molecular weight is 151 g/mol. The van der Waals surface area contributed by atoms with E-state index >= 15 is 0 Å². The van der Waals surface area contributed by atoms with Crippen molar-refractivity contribution in [3.8, 4) is 0 Å². The first kappa shape index (κ1) is 10.2. The fourth-order valence-electron chi connectivity index (χ4n) is 0.637. The van der Waals surface area contributed by atoms with Crippen molar-refractivity contribution in [2.75, 3.05) is 0 Å². The summed E-state index contributed by atoms with van der Waals surface area (Å²) in [4.78, 5) is 0. The molecule has 59 valence electrons. The molecule has 0 aliphatic carbocycles. The van der Waals surface area contributed by atoms with E-state index in [9.17, 15) is 0 Å². The Morgan fingerprint density at radius 1 is 0.909 bits per heavy atom. The van der Waals surface area contributed by atoms with Crippen molar-refractivity contribution in [1.29, 1.82) is 0 Å². The Kier molecular flexibility index (Phi) is 5.52. The number of aryl methyl sites for hydroxylation is 2. The fourth-order valence-corrected chi connectivity index (χ4v) is 0.637. The second-order valence-corrected chi connectivity index (χ2v) is 2.27. The molecule has 0 atom stereocenters. The average Bonchev–Trinajstić information content (AvgIpc) is 1.97. The zero-order chi connectivity index (χ0) is 8.69. The standard InChI is InChI=1S/C8H10.BH2O2/c1-7-3-5-8(2)6-4-7;2-1-3/h3-6H,1-2H3;2-3H. The molecule has 1 aromatic rings. The van der Waals surface area contributed by atoms with Crippen molar-refractivity contribution in [3.63, 3.8) is 0 Å². The van der Waals surface area contributed by atoms with Gasteiger partial charge in [0.25, 0.3) is 0 Å². The summed E-state index contributed by atoms with van der Waals surface area (Å²) in [5.74, 6) is 0. The molecule has 2 N–H and O–H groups in total. The highest BCUT2D eigenvalue weighted by atomic mass is 16.4. The summed E-state index contributed by atoms with van der Waals surface area (Å²) in [6.45, 7) is 4.19. The molecule has 1 aromatic carbocycles. The number of hydrogen-bond donors (Lipinski definition) is 2. The molecule has 11 heavy (non-hydrogen) atoms. The van der Waals surface area contributed by atoms with Gasteiger partial charge < -0.3 is 10.0 Å². The lowest BCUT2D eigenvalue weighted by Gasteiger charge is -1.90. The number of rotatable bonds is 0. The molecule has 1 rings (SSSR count). The highest BCUT2D eigenvalue weighted by molar-refractivity contribution is 6.13. The van der Waals surface area contributed by atoms with Gasteiger partial charge in [-0.25, -0.2) is 0 Å². The molecule has 0 aliphatic rings. The lowest BCUT2D eigenvalue weighted by atomic mass is 10.2. The van der Waals surface area contributed by atoms with E-state index in [-0.39, 0.29) is 7.69 Å². The molecular weight excluding hydrogens is 139 g/mol. The molecular formula is C8H12BO2. The lowest BCUT2D eigenvalue weighted by molar-refractivity contribution is 0.448. The number of benzene rings is 1. The van der Waals surface area contributed by atoms with Crippen molar-refractivity contribution in [3.05, 3.63) is 35.4 Å². The van der Waals surface area contributed by atoms with Crippen molar-refractivity contribution in [1.82, 2.24) is 0 Å². The topological polar surface area (TPSA) is 40.5 Å². The molecule has 0 aliphatic heterocycles. The maximum atomic E-state index is 7.00. The molecule has 0 amide bonds. The van der Waals surface area contributed by atoms with E-state index < -0.39 is 0 Å². The van der Waals surface area contributed by atoms with Gasteiger partial charge in [-0.1, -0.05) is 35.4 Å². The summed E-state index contributed by atoms with van der Waals surface area (Å²) in [5, 5.41) is 14.0. The Labute approximate surface area is 67.8 Å². The minimum atomic E-state index is 0. The molecule has 1 radical (unpaired) electrons. The van der Waals surface area contributed by atoms with E-state index in [1.807, 2.05) is 0 Å². The molecule has 0 aromatic heterocycles. The van der Waals surface area contributed by atoms with Gasteiger partial charge in [0.2, 0.25) is 0 Å². The van der Waals surface area contributed by atoms with Crippen molar-refractivity contribution in [2.45, 2.75) is 13.8 Å². The quantitative estimate of drug-likeness (QED) is 0.538. The first-order valence-corrected chi connectivity index (χ1v) is 3.34. The summed E-state index contributed by atoms with van der Waals surface area (Å²) in [6, 6.07) is 8.48. The van der Waals surface area contributed by atoms with Crippen LogP contribution in [0.1, 0.15) is 11.1 Å². The van der Waals surface area contributed by atoms with Crippen LogP contribution in [0.4, 0.5) is 0 Å². The Morgan fingerprint density at radius 3 is 1.27 bits per heavy atom. The fraction of sp³-hybridized carbons (Fsp3) is 0.250. The zero-order valence-corrected chi connectivity index (χ0v) is 6.78. The van der Waals surface area contributed by atoms with Gasteiger partial charge >= 0.3 is 7.69 Å². The van der Waals surface area contributed by atoms with Crippen LogP contribution in [-0.4, -0.2) is 17.7 Å². The van der Waals surface area contributed by atoms with E-state index in [1.54, 1.807) is 0 Å². The lowest BCUT2D eigenvalue weighted by Crippen LogP contribution is -1.75. The van der Waals surface area contributed by atoms with Gasteiger partial charge in [-0.15, -0.1) is 0 Å². The van der Waals surface area contributed by atoms with Crippen molar-refractivity contribution < 1.29 is 10.0 Å². The highest BCUT2D eigenvalue weighted by Crippen LogP contribution is 1.99. The third kappa shape index (κ3) is 5.64. The van der Waals surface area contributed by atoms with Crippen molar-refractivity contribution in [2.24, 2.45) is 0 Å². The SMILES string of the molecule is Cc1ccc(C)cc1.O[B]O. The second-order valence-electron chi connectivity index (χ2n) is 2.27. The second kappa shape index (κ2) is 5.95. The van der Waals surface area contributed by atoms with Gasteiger partial charge in [0, 0.05) is 0 Å².